The minimum atomic E-state index is -0.270. The monoisotopic (exact) mass is 300 g/mol. The van der Waals surface area contributed by atoms with Crippen LogP contribution in [0.4, 0.5) is 0 Å². The van der Waals surface area contributed by atoms with Crippen LogP contribution in [0.3, 0.4) is 0 Å². The van der Waals surface area contributed by atoms with Gasteiger partial charge in [0.25, 0.3) is 0 Å². The molecule has 0 atom stereocenters. The highest BCUT2D eigenvalue weighted by atomic mass is 16.5. The average molecular weight is 300 g/mol. The van der Waals surface area contributed by atoms with Crippen LogP contribution in [0.2, 0.25) is 0 Å². The highest BCUT2D eigenvalue weighted by Crippen LogP contribution is 2.30. The van der Waals surface area contributed by atoms with E-state index in [2.05, 4.69) is 0 Å². The van der Waals surface area contributed by atoms with E-state index in [-0.39, 0.29) is 5.97 Å². The largest absolute Gasteiger partial charge is 0.497 e. The number of rotatable bonds is 5. The summed E-state index contributed by atoms with van der Waals surface area (Å²) in [5.74, 6) is 2.25. The Balaban J connectivity index is 2.25. The molecule has 0 fully saturated rings. The molecular weight excluding hydrogens is 280 g/mol. The van der Waals surface area contributed by atoms with E-state index < -0.39 is 0 Å². The smallest absolute Gasteiger partial charge is 0.310 e. The standard InChI is InChI=1S/C18H20O4/c1-5-18(19)22-17-9-13(3)8-16(11-17)21-15-7-12(2)6-14(10-15)20-4/h6-11H,5H2,1-4H3. The third kappa shape index (κ3) is 4.25. The van der Waals surface area contributed by atoms with E-state index in [1.165, 1.54) is 0 Å². The van der Waals surface area contributed by atoms with Gasteiger partial charge in [0, 0.05) is 18.6 Å². The maximum Gasteiger partial charge on any atom is 0.310 e. The Morgan fingerprint density at radius 2 is 1.36 bits per heavy atom. The van der Waals surface area contributed by atoms with Crippen LogP contribution in [0, 0.1) is 13.8 Å². The molecule has 0 radical (unpaired) electrons. The molecular formula is C18H20O4. The first kappa shape index (κ1) is 15.9. The second kappa shape index (κ2) is 6.98. The summed E-state index contributed by atoms with van der Waals surface area (Å²) in [7, 11) is 1.62. The first-order chi connectivity index (χ1) is 10.5. The molecule has 0 aromatic heterocycles. The molecule has 0 aliphatic heterocycles. The molecule has 2 aromatic carbocycles. The predicted octanol–water partition coefficient (Wildman–Crippen LogP) is 4.42. The number of hydrogen-bond acceptors (Lipinski definition) is 4. The fraction of sp³-hybridized carbons (Fsp3) is 0.278. The van der Waals surface area contributed by atoms with Crippen molar-refractivity contribution in [2.45, 2.75) is 27.2 Å². The molecule has 0 amide bonds. The van der Waals surface area contributed by atoms with Gasteiger partial charge >= 0.3 is 5.97 Å². The third-order valence-electron chi connectivity index (χ3n) is 3.04. The Hall–Kier alpha value is -2.49. The Morgan fingerprint density at radius 1 is 0.864 bits per heavy atom. The molecule has 2 aromatic rings. The summed E-state index contributed by atoms with van der Waals surface area (Å²) in [5, 5.41) is 0. The van der Waals surface area contributed by atoms with Gasteiger partial charge < -0.3 is 14.2 Å². The van der Waals surface area contributed by atoms with Crippen molar-refractivity contribution >= 4 is 5.97 Å². The lowest BCUT2D eigenvalue weighted by Gasteiger charge is -2.11. The van der Waals surface area contributed by atoms with Crippen molar-refractivity contribution in [3.8, 4) is 23.0 Å². The molecule has 4 nitrogen and oxygen atoms in total. The van der Waals surface area contributed by atoms with Crippen molar-refractivity contribution < 1.29 is 19.0 Å². The zero-order valence-electron chi connectivity index (χ0n) is 13.3. The van der Waals surface area contributed by atoms with Gasteiger partial charge in [0.1, 0.15) is 23.0 Å². The quantitative estimate of drug-likeness (QED) is 0.605. The summed E-state index contributed by atoms with van der Waals surface area (Å²) in [6.45, 7) is 5.65. The summed E-state index contributed by atoms with van der Waals surface area (Å²) in [6, 6.07) is 11.1. The lowest BCUT2D eigenvalue weighted by molar-refractivity contribution is -0.134. The fourth-order valence-corrected chi connectivity index (χ4v) is 2.06. The van der Waals surface area contributed by atoms with Gasteiger partial charge in [-0.3, -0.25) is 4.79 Å². The number of esters is 1. The van der Waals surface area contributed by atoms with E-state index in [1.807, 2.05) is 38.1 Å². The minimum absolute atomic E-state index is 0.270. The van der Waals surface area contributed by atoms with Gasteiger partial charge in [-0.15, -0.1) is 0 Å². The van der Waals surface area contributed by atoms with Crippen molar-refractivity contribution in [1.29, 1.82) is 0 Å². The predicted molar refractivity (Wildman–Crippen MR) is 84.9 cm³/mol. The Bertz CT molecular complexity index is 677. The van der Waals surface area contributed by atoms with E-state index in [9.17, 15) is 4.79 Å². The molecule has 0 bridgehead atoms. The van der Waals surface area contributed by atoms with Gasteiger partial charge in [-0.1, -0.05) is 6.92 Å². The summed E-state index contributed by atoms with van der Waals surface area (Å²) in [5.41, 5.74) is 2.00. The topological polar surface area (TPSA) is 44.8 Å². The summed E-state index contributed by atoms with van der Waals surface area (Å²) in [6.07, 6.45) is 0.333. The molecule has 4 heteroatoms. The van der Waals surface area contributed by atoms with E-state index in [1.54, 1.807) is 26.2 Å². The number of benzene rings is 2. The van der Waals surface area contributed by atoms with Crippen LogP contribution in [-0.4, -0.2) is 13.1 Å². The number of aryl methyl sites for hydroxylation is 2. The number of hydrogen-bond donors (Lipinski definition) is 0. The SMILES string of the molecule is CCC(=O)Oc1cc(C)cc(Oc2cc(C)cc(OC)c2)c1. The van der Waals surface area contributed by atoms with Gasteiger partial charge in [0.15, 0.2) is 0 Å². The Labute approximate surface area is 130 Å². The average Bonchev–Trinajstić information content (AvgIpc) is 2.45. The molecule has 0 spiro atoms. The molecule has 0 unspecified atom stereocenters. The van der Waals surface area contributed by atoms with Gasteiger partial charge in [-0.25, -0.2) is 0 Å². The van der Waals surface area contributed by atoms with Gasteiger partial charge in [0.05, 0.1) is 7.11 Å². The first-order valence-corrected chi connectivity index (χ1v) is 7.16. The molecule has 0 aliphatic rings. The number of methoxy groups -OCH3 is 1. The van der Waals surface area contributed by atoms with Crippen LogP contribution in [0.15, 0.2) is 36.4 Å². The van der Waals surface area contributed by atoms with Crippen LogP contribution < -0.4 is 14.2 Å². The molecule has 22 heavy (non-hydrogen) atoms. The molecule has 116 valence electrons. The van der Waals surface area contributed by atoms with E-state index in [4.69, 9.17) is 14.2 Å². The molecule has 0 heterocycles. The Morgan fingerprint density at radius 3 is 1.91 bits per heavy atom. The number of ether oxygens (including phenoxy) is 3. The lowest BCUT2D eigenvalue weighted by Crippen LogP contribution is -2.05. The van der Waals surface area contributed by atoms with Crippen LogP contribution in [0.25, 0.3) is 0 Å². The molecule has 0 saturated heterocycles. The normalized spacial score (nSPS) is 10.2. The van der Waals surface area contributed by atoms with Crippen LogP contribution in [0.5, 0.6) is 23.0 Å². The highest BCUT2D eigenvalue weighted by Gasteiger charge is 2.07. The molecule has 0 aliphatic carbocycles. The second-order valence-electron chi connectivity index (χ2n) is 5.10. The minimum Gasteiger partial charge on any atom is -0.497 e. The number of carbonyl (C=O) groups excluding carboxylic acids is 1. The molecule has 2 rings (SSSR count). The first-order valence-electron chi connectivity index (χ1n) is 7.16. The summed E-state index contributed by atoms with van der Waals surface area (Å²) < 4.78 is 16.4. The van der Waals surface area contributed by atoms with Crippen molar-refractivity contribution in [1.82, 2.24) is 0 Å². The number of carbonyl (C=O) groups is 1. The van der Waals surface area contributed by atoms with E-state index in [0.29, 0.717) is 23.7 Å². The lowest BCUT2D eigenvalue weighted by atomic mass is 10.2. The van der Waals surface area contributed by atoms with Crippen molar-refractivity contribution in [2.75, 3.05) is 7.11 Å². The zero-order chi connectivity index (χ0) is 16.1. The van der Waals surface area contributed by atoms with Crippen LogP contribution >= 0.6 is 0 Å². The van der Waals surface area contributed by atoms with Crippen molar-refractivity contribution in [2.24, 2.45) is 0 Å². The maximum atomic E-state index is 11.4. The zero-order valence-corrected chi connectivity index (χ0v) is 13.3. The van der Waals surface area contributed by atoms with Gasteiger partial charge in [-0.05, 0) is 49.2 Å². The summed E-state index contributed by atoms with van der Waals surface area (Å²) >= 11 is 0. The molecule has 0 N–H and O–H groups in total. The second-order valence-corrected chi connectivity index (χ2v) is 5.10. The van der Waals surface area contributed by atoms with Gasteiger partial charge in [0.2, 0.25) is 0 Å². The summed E-state index contributed by atoms with van der Waals surface area (Å²) in [4.78, 5) is 11.4. The van der Waals surface area contributed by atoms with E-state index >= 15 is 0 Å². The van der Waals surface area contributed by atoms with Crippen LogP contribution in [0.1, 0.15) is 24.5 Å². The van der Waals surface area contributed by atoms with E-state index in [0.717, 1.165) is 16.9 Å². The van der Waals surface area contributed by atoms with Gasteiger partial charge in [-0.2, -0.15) is 0 Å². The Kier molecular flexibility index (Phi) is 5.04. The van der Waals surface area contributed by atoms with Crippen molar-refractivity contribution in [3.05, 3.63) is 47.5 Å². The third-order valence-corrected chi connectivity index (χ3v) is 3.04. The molecule has 0 saturated carbocycles. The fourth-order valence-electron chi connectivity index (χ4n) is 2.06. The van der Waals surface area contributed by atoms with Crippen molar-refractivity contribution in [3.63, 3.8) is 0 Å². The highest BCUT2D eigenvalue weighted by molar-refractivity contribution is 5.72. The maximum absolute atomic E-state index is 11.4. The van der Waals surface area contributed by atoms with Crippen LogP contribution in [-0.2, 0) is 4.79 Å².